The second-order valence-electron chi connectivity index (χ2n) is 7.09. The topological polar surface area (TPSA) is 53.0 Å². The number of nitrogens with zero attached hydrogens (tertiary/aromatic N) is 3. The summed E-state index contributed by atoms with van der Waals surface area (Å²) in [5.41, 5.74) is 2.21. The Labute approximate surface area is 180 Å². The molecule has 3 aromatic carbocycles. The van der Waals surface area contributed by atoms with Crippen molar-refractivity contribution < 1.29 is 14.0 Å². The average molecular weight is 464 g/mol. The fourth-order valence-corrected chi connectivity index (χ4v) is 4.20. The number of para-hydroxylation sites is 1. The van der Waals surface area contributed by atoms with Gasteiger partial charge in [0.15, 0.2) is 0 Å². The normalized spacial score (nSPS) is 20.5. The molecule has 2 atom stereocenters. The fourth-order valence-electron chi connectivity index (χ4n) is 3.94. The molecule has 0 radical (unpaired) electrons. The zero-order valence-corrected chi connectivity index (χ0v) is 17.2. The van der Waals surface area contributed by atoms with Crippen molar-refractivity contribution in [2.75, 3.05) is 9.91 Å². The van der Waals surface area contributed by atoms with Gasteiger partial charge in [-0.05, 0) is 48.0 Å². The van der Waals surface area contributed by atoms with E-state index in [0.29, 0.717) is 11.4 Å². The van der Waals surface area contributed by atoms with Crippen LogP contribution >= 0.6 is 15.9 Å². The Bertz CT molecular complexity index is 1180. The molecule has 2 aliphatic heterocycles. The second-order valence-corrected chi connectivity index (χ2v) is 8.00. The Morgan fingerprint density at radius 2 is 1.53 bits per heavy atom. The van der Waals surface area contributed by atoms with E-state index in [1.807, 2.05) is 54.6 Å². The smallest absolute Gasteiger partial charge is 0.259 e. The van der Waals surface area contributed by atoms with Gasteiger partial charge >= 0.3 is 0 Å². The van der Waals surface area contributed by atoms with E-state index in [-0.39, 0.29) is 5.69 Å². The number of benzene rings is 3. The van der Waals surface area contributed by atoms with Crippen molar-refractivity contribution in [2.45, 2.75) is 6.04 Å². The number of rotatable bonds is 3. The molecule has 0 aliphatic carbocycles. The number of carbonyl (C=O) groups is 2. The Balaban J connectivity index is 1.64. The van der Waals surface area contributed by atoms with Crippen molar-refractivity contribution >= 4 is 44.8 Å². The van der Waals surface area contributed by atoms with Crippen LogP contribution in [0.25, 0.3) is 0 Å². The van der Waals surface area contributed by atoms with Gasteiger partial charge in [0, 0.05) is 4.47 Å². The quantitative estimate of drug-likeness (QED) is 0.541. The maximum atomic E-state index is 13.8. The highest BCUT2D eigenvalue weighted by molar-refractivity contribution is 9.10. The first-order chi connectivity index (χ1) is 14.5. The average Bonchev–Trinajstić information content (AvgIpc) is 3.26. The van der Waals surface area contributed by atoms with Crippen molar-refractivity contribution in [1.29, 1.82) is 0 Å². The lowest BCUT2D eigenvalue weighted by molar-refractivity contribution is -0.121. The van der Waals surface area contributed by atoms with Crippen molar-refractivity contribution in [2.24, 2.45) is 11.0 Å². The van der Waals surface area contributed by atoms with E-state index >= 15 is 0 Å². The molecule has 5 rings (SSSR count). The summed E-state index contributed by atoms with van der Waals surface area (Å²) in [6.07, 6.45) is 0. The van der Waals surface area contributed by atoms with Crippen LogP contribution in [0.2, 0.25) is 0 Å². The molecular formula is C23H15BrFN3O2. The molecule has 0 aromatic heterocycles. The molecule has 0 saturated carbocycles. The van der Waals surface area contributed by atoms with Crippen LogP contribution < -0.4 is 9.91 Å². The molecular weight excluding hydrogens is 449 g/mol. The Kier molecular flexibility index (Phi) is 4.47. The molecule has 3 aromatic rings. The Morgan fingerprint density at radius 1 is 0.833 bits per heavy atom. The highest BCUT2D eigenvalue weighted by Crippen LogP contribution is 2.39. The Hall–Kier alpha value is -3.32. The minimum atomic E-state index is -0.818. The van der Waals surface area contributed by atoms with E-state index in [1.165, 1.54) is 18.2 Å². The first-order valence-corrected chi connectivity index (χ1v) is 10.2. The van der Waals surface area contributed by atoms with Crippen LogP contribution in [0.15, 0.2) is 88.4 Å². The molecule has 2 unspecified atom stereocenters. The molecule has 7 heteroatoms. The van der Waals surface area contributed by atoms with Gasteiger partial charge in [0.05, 0.1) is 17.1 Å². The standard InChI is InChI=1S/C23H15BrFN3O2/c24-15-11-9-14(10-12-15)20-19-21(28(26-20)17-6-2-1-3-7-17)23(30)27(22(19)29)18-8-4-5-16(25)13-18/h1-13,19,21H. The lowest BCUT2D eigenvalue weighted by Gasteiger charge is -2.22. The summed E-state index contributed by atoms with van der Waals surface area (Å²) in [6, 6.07) is 21.4. The summed E-state index contributed by atoms with van der Waals surface area (Å²) in [5.74, 6) is -2.11. The van der Waals surface area contributed by atoms with Gasteiger partial charge in [0.1, 0.15) is 17.8 Å². The maximum Gasteiger partial charge on any atom is 0.259 e. The van der Waals surface area contributed by atoms with Crippen LogP contribution in [0.4, 0.5) is 15.8 Å². The number of hydrazone groups is 1. The zero-order valence-electron chi connectivity index (χ0n) is 15.6. The summed E-state index contributed by atoms with van der Waals surface area (Å²) in [4.78, 5) is 27.9. The minimum absolute atomic E-state index is 0.225. The monoisotopic (exact) mass is 463 g/mol. The van der Waals surface area contributed by atoms with Crippen LogP contribution in [0.3, 0.4) is 0 Å². The van der Waals surface area contributed by atoms with E-state index in [9.17, 15) is 14.0 Å². The number of halogens is 2. The number of anilines is 2. The number of imide groups is 1. The molecule has 0 N–H and O–H groups in total. The number of hydrogen-bond acceptors (Lipinski definition) is 4. The van der Waals surface area contributed by atoms with Gasteiger partial charge in [0.2, 0.25) is 5.91 Å². The van der Waals surface area contributed by atoms with Crippen LogP contribution in [0.5, 0.6) is 0 Å². The minimum Gasteiger partial charge on any atom is -0.273 e. The molecule has 1 saturated heterocycles. The largest absolute Gasteiger partial charge is 0.273 e. The second kappa shape index (κ2) is 7.18. The molecule has 148 valence electrons. The third-order valence-corrected chi connectivity index (χ3v) is 5.80. The van der Waals surface area contributed by atoms with E-state index < -0.39 is 29.6 Å². The Morgan fingerprint density at radius 3 is 2.23 bits per heavy atom. The number of fused-ring (bicyclic) bond motifs is 1. The van der Waals surface area contributed by atoms with E-state index in [4.69, 9.17) is 0 Å². The van der Waals surface area contributed by atoms with Crippen LogP contribution in [-0.4, -0.2) is 23.6 Å². The SMILES string of the molecule is O=C1C2C(c3ccc(Br)cc3)=NN(c3ccccc3)C2C(=O)N1c1cccc(F)c1. The predicted molar refractivity (Wildman–Crippen MR) is 116 cm³/mol. The van der Waals surface area contributed by atoms with Gasteiger partial charge in [-0.25, -0.2) is 9.29 Å². The van der Waals surface area contributed by atoms with Crippen LogP contribution in [0, 0.1) is 11.7 Å². The number of carbonyl (C=O) groups excluding carboxylic acids is 2. The summed E-state index contributed by atoms with van der Waals surface area (Å²) in [5, 5.41) is 6.28. The van der Waals surface area contributed by atoms with E-state index in [0.717, 1.165) is 14.9 Å². The molecule has 2 aliphatic rings. The van der Waals surface area contributed by atoms with Gasteiger partial charge in [-0.2, -0.15) is 5.10 Å². The first kappa shape index (κ1) is 18.7. The maximum absolute atomic E-state index is 13.8. The van der Waals surface area contributed by atoms with Gasteiger partial charge in [0.25, 0.3) is 5.91 Å². The summed E-state index contributed by atoms with van der Waals surface area (Å²) in [7, 11) is 0. The summed E-state index contributed by atoms with van der Waals surface area (Å²) in [6.45, 7) is 0. The van der Waals surface area contributed by atoms with Gasteiger partial charge < -0.3 is 0 Å². The van der Waals surface area contributed by atoms with Crippen LogP contribution in [0.1, 0.15) is 5.56 Å². The molecule has 0 bridgehead atoms. The molecule has 2 amide bonds. The number of hydrogen-bond donors (Lipinski definition) is 0. The molecule has 0 spiro atoms. The fraction of sp³-hybridized carbons (Fsp3) is 0.0870. The zero-order chi connectivity index (χ0) is 20.8. The van der Waals surface area contributed by atoms with Gasteiger partial charge in [-0.3, -0.25) is 14.6 Å². The third kappa shape index (κ3) is 2.93. The van der Waals surface area contributed by atoms with Crippen LogP contribution in [-0.2, 0) is 9.59 Å². The van der Waals surface area contributed by atoms with Crippen molar-refractivity contribution in [3.05, 3.63) is 94.7 Å². The van der Waals surface area contributed by atoms with E-state index in [2.05, 4.69) is 21.0 Å². The molecule has 2 heterocycles. The predicted octanol–water partition coefficient (Wildman–Crippen LogP) is 4.37. The lowest BCUT2D eigenvalue weighted by Crippen LogP contribution is -2.39. The highest BCUT2D eigenvalue weighted by Gasteiger charge is 2.57. The number of amides is 2. The van der Waals surface area contributed by atoms with Crippen molar-refractivity contribution in [3.8, 4) is 0 Å². The lowest BCUT2D eigenvalue weighted by atomic mass is 9.93. The van der Waals surface area contributed by atoms with Gasteiger partial charge in [-0.15, -0.1) is 0 Å². The summed E-state index contributed by atoms with van der Waals surface area (Å²) >= 11 is 3.41. The van der Waals surface area contributed by atoms with Crippen molar-refractivity contribution in [1.82, 2.24) is 0 Å². The summed E-state index contributed by atoms with van der Waals surface area (Å²) < 4.78 is 14.7. The molecule has 30 heavy (non-hydrogen) atoms. The van der Waals surface area contributed by atoms with Crippen molar-refractivity contribution in [3.63, 3.8) is 0 Å². The van der Waals surface area contributed by atoms with Gasteiger partial charge in [-0.1, -0.05) is 52.3 Å². The first-order valence-electron chi connectivity index (χ1n) is 9.37. The van der Waals surface area contributed by atoms with E-state index in [1.54, 1.807) is 11.1 Å². The molecule has 1 fully saturated rings. The highest BCUT2D eigenvalue weighted by atomic mass is 79.9. The third-order valence-electron chi connectivity index (χ3n) is 5.28. The molecule has 5 nitrogen and oxygen atoms in total.